The number of alkyl halides is 3. The second-order valence-electron chi connectivity index (χ2n) is 13.6. The second kappa shape index (κ2) is 15.2. The highest BCUT2D eigenvalue weighted by molar-refractivity contribution is 7.92. The predicted octanol–water partition coefficient (Wildman–Crippen LogP) is 6.79. The molecule has 3 aromatic rings. The van der Waals surface area contributed by atoms with Crippen LogP contribution in [0.4, 0.5) is 23.9 Å². The average Bonchev–Trinajstić information content (AvgIpc) is 3.90. The van der Waals surface area contributed by atoms with Crippen molar-refractivity contribution >= 4 is 28.4 Å². The summed E-state index contributed by atoms with van der Waals surface area (Å²) in [5.41, 5.74) is 1.17. The van der Waals surface area contributed by atoms with E-state index >= 15 is 0 Å². The summed E-state index contributed by atoms with van der Waals surface area (Å²) in [7, 11) is 0.572. The maximum Gasteiger partial charge on any atom is 0.409 e. The van der Waals surface area contributed by atoms with E-state index in [1.807, 2.05) is 44.0 Å². The van der Waals surface area contributed by atoms with Crippen molar-refractivity contribution in [1.29, 1.82) is 0 Å². The topological polar surface area (TPSA) is 131 Å². The van der Waals surface area contributed by atoms with Gasteiger partial charge in [-0.2, -0.15) is 18.2 Å². The monoisotopic (exact) mass is 731 g/mol. The van der Waals surface area contributed by atoms with Gasteiger partial charge in [-0.05, 0) is 89.1 Å². The number of likely N-dealkylation sites (N-methyl/N-ethyl adjacent to an activating group) is 1. The molecule has 0 aliphatic heterocycles. The maximum atomic E-state index is 14.3. The van der Waals surface area contributed by atoms with Crippen LogP contribution in [0.15, 0.2) is 53.4 Å². The molecule has 11 nitrogen and oxygen atoms in total. The van der Waals surface area contributed by atoms with E-state index in [1.165, 1.54) is 31.4 Å². The van der Waals surface area contributed by atoms with Crippen LogP contribution in [-0.2, 0) is 14.8 Å². The lowest BCUT2D eigenvalue weighted by molar-refractivity contribution is -0.193. The van der Waals surface area contributed by atoms with Crippen LogP contribution < -0.4 is 9.46 Å². The molecular formula is C36H44F3N5O6S. The minimum absolute atomic E-state index is 0.0133. The van der Waals surface area contributed by atoms with Crippen LogP contribution in [0.5, 0.6) is 5.88 Å². The van der Waals surface area contributed by atoms with Gasteiger partial charge in [-0.25, -0.2) is 22.9 Å². The molecule has 2 saturated carbocycles. The van der Waals surface area contributed by atoms with Crippen LogP contribution in [0.3, 0.4) is 0 Å². The Morgan fingerprint density at radius 3 is 2.24 bits per heavy atom. The molecule has 276 valence electrons. The van der Waals surface area contributed by atoms with E-state index in [0.29, 0.717) is 37.7 Å². The number of anilines is 1. The van der Waals surface area contributed by atoms with Crippen LogP contribution in [0.25, 0.3) is 11.3 Å². The molecule has 15 heteroatoms. The number of sulfonamides is 1. The second-order valence-corrected chi connectivity index (χ2v) is 15.3. The Kier molecular flexibility index (Phi) is 11.3. The zero-order valence-electron chi connectivity index (χ0n) is 29.4. The maximum absolute atomic E-state index is 14.3. The van der Waals surface area contributed by atoms with Gasteiger partial charge < -0.3 is 14.4 Å². The van der Waals surface area contributed by atoms with Crippen LogP contribution in [0, 0.1) is 19.3 Å². The van der Waals surface area contributed by atoms with Gasteiger partial charge in [-0.3, -0.25) is 9.69 Å². The number of aldehydes is 1. The molecule has 2 aliphatic carbocycles. The van der Waals surface area contributed by atoms with Crippen molar-refractivity contribution in [3.8, 4) is 17.1 Å². The molecule has 0 radical (unpaired) electrons. The van der Waals surface area contributed by atoms with Crippen molar-refractivity contribution in [2.24, 2.45) is 5.41 Å². The van der Waals surface area contributed by atoms with Gasteiger partial charge in [-0.15, -0.1) is 0 Å². The molecule has 2 aromatic carbocycles. The molecule has 0 spiro atoms. The summed E-state index contributed by atoms with van der Waals surface area (Å²) >= 11 is 0. The van der Waals surface area contributed by atoms with E-state index in [1.54, 1.807) is 18.0 Å². The molecular weight excluding hydrogens is 687 g/mol. The zero-order valence-corrected chi connectivity index (χ0v) is 30.2. The predicted molar refractivity (Wildman–Crippen MR) is 185 cm³/mol. The number of carbonyl (C=O) groups excluding carboxylic acids is 2. The summed E-state index contributed by atoms with van der Waals surface area (Å²) in [6, 6.07) is 11.9. The summed E-state index contributed by atoms with van der Waals surface area (Å²) in [5.74, 6) is -0.311. The molecule has 0 saturated heterocycles. The summed E-state index contributed by atoms with van der Waals surface area (Å²) in [6.45, 7) is 3.62. The Labute approximate surface area is 296 Å². The van der Waals surface area contributed by atoms with Gasteiger partial charge in [0.1, 0.15) is 12.9 Å². The number of nitrogens with one attached hydrogen (secondary N) is 1. The third kappa shape index (κ3) is 8.63. The van der Waals surface area contributed by atoms with Crippen LogP contribution in [-0.4, -0.2) is 92.7 Å². The lowest BCUT2D eigenvalue weighted by Crippen LogP contribution is -2.49. The highest BCUT2D eigenvalue weighted by Crippen LogP contribution is 2.61. The van der Waals surface area contributed by atoms with Gasteiger partial charge in [0.05, 0.1) is 23.1 Å². The van der Waals surface area contributed by atoms with E-state index in [9.17, 15) is 31.2 Å². The number of rotatable bonds is 13. The fourth-order valence-corrected chi connectivity index (χ4v) is 7.97. The number of benzene rings is 2. The van der Waals surface area contributed by atoms with Gasteiger partial charge in [0.2, 0.25) is 11.8 Å². The van der Waals surface area contributed by atoms with E-state index in [2.05, 4.69) is 14.7 Å². The molecule has 0 unspecified atom stereocenters. The summed E-state index contributed by atoms with van der Waals surface area (Å²) in [6.07, 6.45) is -1.68. The zero-order chi connectivity index (χ0) is 37.1. The number of methoxy groups -OCH3 is 1. The summed E-state index contributed by atoms with van der Waals surface area (Å²) < 4.78 is 83.0. The van der Waals surface area contributed by atoms with Crippen molar-refractivity contribution in [1.82, 2.24) is 19.8 Å². The van der Waals surface area contributed by atoms with Crippen molar-refractivity contribution in [3.05, 3.63) is 65.2 Å². The highest BCUT2D eigenvalue weighted by atomic mass is 32.2. The van der Waals surface area contributed by atoms with E-state index in [0.717, 1.165) is 16.7 Å². The molecule has 0 bridgehead atoms. The number of hydrogen-bond acceptors (Lipinski definition) is 9. The van der Waals surface area contributed by atoms with Crippen LogP contribution in [0.1, 0.15) is 66.4 Å². The average molecular weight is 732 g/mol. The molecule has 1 aromatic heterocycles. The Morgan fingerprint density at radius 2 is 1.65 bits per heavy atom. The number of aryl methyl sites for hydroxylation is 2. The third-order valence-corrected chi connectivity index (χ3v) is 11.6. The van der Waals surface area contributed by atoms with E-state index < -0.39 is 33.7 Å². The van der Waals surface area contributed by atoms with E-state index in [4.69, 9.17) is 9.47 Å². The minimum atomic E-state index is -4.37. The Hall–Kier alpha value is -4.24. The fourth-order valence-electron chi connectivity index (χ4n) is 6.98. The molecule has 1 amide bonds. The first-order valence-corrected chi connectivity index (χ1v) is 18.3. The standard InChI is InChI=1S/C36H44F3N5O6S/c1-23-8-6-9-24(2)32(23)30-19-31(41-33(40-30)42-51(47,48)29-11-7-10-25(18-29)21-45)50-22-28(20-35(16-17-35)36(37,38)39)43(3)26-12-14-27(15-13-26)44(4)34(46)49-5/h6-11,18-19,21,26-28H,12-17,20,22H2,1-5H3,(H,40,41,42)/t26?,27?,28-/m1/s1. The summed E-state index contributed by atoms with van der Waals surface area (Å²) in [5, 5.41) is 0. The molecule has 2 fully saturated rings. The molecule has 1 atom stereocenters. The molecule has 5 rings (SSSR count). The molecule has 1 heterocycles. The first-order chi connectivity index (χ1) is 24.1. The van der Waals surface area contributed by atoms with Gasteiger partial charge in [0.15, 0.2) is 0 Å². The van der Waals surface area contributed by atoms with E-state index in [-0.39, 0.29) is 60.2 Å². The van der Waals surface area contributed by atoms with Gasteiger partial charge >= 0.3 is 12.3 Å². The van der Waals surface area contributed by atoms with Gasteiger partial charge in [0, 0.05) is 42.4 Å². The van der Waals surface area contributed by atoms with Crippen molar-refractivity contribution in [2.75, 3.05) is 32.5 Å². The number of carbonyl (C=O) groups is 2. The van der Waals surface area contributed by atoms with Crippen LogP contribution >= 0.6 is 0 Å². The number of hydrogen-bond donors (Lipinski definition) is 1. The number of nitrogens with zero attached hydrogens (tertiary/aromatic N) is 4. The number of halogens is 3. The van der Waals surface area contributed by atoms with Gasteiger partial charge in [-0.1, -0.05) is 30.3 Å². The normalized spacial score (nSPS) is 19.2. The number of ether oxygens (including phenoxy) is 2. The number of aromatic nitrogens is 2. The van der Waals surface area contributed by atoms with Crippen molar-refractivity contribution in [3.63, 3.8) is 0 Å². The first kappa shape index (κ1) is 38.0. The highest BCUT2D eigenvalue weighted by Gasteiger charge is 2.63. The Bertz CT molecular complexity index is 1820. The Morgan fingerprint density at radius 1 is 1.02 bits per heavy atom. The minimum Gasteiger partial charge on any atom is -0.476 e. The Balaban J connectivity index is 1.44. The molecule has 2 aliphatic rings. The quantitative estimate of drug-likeness (QED) is 0.189. The SMILES string of the molecule is COC(=O)N(C)C1CCC(N(C)[C@@H](COc2cc(-c3c(C)cccc3C)nc(NS(=O)(=O)c3cccc(C=O)c3)n2)CC2(C(F)(F)F)CC2)CC1. The van der Waals surface area contributed by atoms with Crippen molar-refractivity contribution in [2.45, 2.75) is 88.0 Å². The largest absolute Gasteiger partial charge is 0.476 e. The number of amides is 1. The fraction of sp³-hybridized carbons (Fsp3) is 0.500. The lowest BCUT2D eigenvalue weighted by atomic mass is 9.87. The van der Waals surface area contributed by atoms with Crippen LogP contribution in [0.2, 0.25) is 0 Å². The third-order valence-electron chi connectivity index (χ3n) is 10.3. The summed E-state index contributed by atoms with van der Waals surface area (Å²) in [4.78, 5) is 35.6. The molecule has 51 heavy (non-hydrogen) atoms. The lowest BCUT2D eigenvalue weighted by Gasteiger charge is -2.41. The smallest absolute Gasteiger partial charge is 0.409 e. The van der Waals surface area contributed by atoms with Crippen molar-refractivity contribution < 1.29 is 40.7 Å². The molecule has 1 N–H and O–H groups in total. The van der Waals surface area contributed by atoms with Gasteiger partial charge in [0.25, 0.3) is 10.0 Å². The first-order valence-electron chi connectivity index (χ1n) is 16.8.